The van der Waals surface area contributed by atoms with Gasteiger partial charge in [0.1, 0.15) is 0 Å². The second-order valence-electron chi connectivity index (χ2n) is 6.16. The van der Waals surface area contributed by atoms with Crippen molar-refractivity contribution in [2.45, 2.75) is 63.1 Å². The Kier molecular flexibility index (Phi) is 3.73. The van der Waals surface area contributed by atoms with Gasteiger partial charge in [0, 0.05) is 29.4 Å². The summed E-state index contributed by atoms with van der Waals surface area (Å²) in [6.45, 7) is 0. The number of aromatic nitrogens is 2. The molecule has 4 rings (SSSR count). The van der Waals surface area contributed by atoms with Crippen molar-refractivity contribution in [2.24, 2.45) is 0 Å². The molecule has 3 N–H and O–H groups in total. The number of amides is 1. The van der Waals surface area contributed by atoms with Gasteiger partial charge in [-0.2, -0.15) is 5.10 Å². The van der Waals surface area contributed by atoms with Crippen molar-refractivity contribution < 1.29 is 4.79 Å². The van der Waals surface area contributed by atoms with Crippen molar-refractivity contribution in [1.29, 1.82) is 0 Å². The zero-order valence-corrected chi connectivity index (χ0v) is 12.3. The van der Waals surface area contributed by atoms with Gasteiger partial charge in [-0.1, -0.05) is 0 Å². The molecule has 1 amide bonds. The normalized spacial score (nSPS) is 30.7. The van der Waals surface area contributed by atoms with Crippen LogP contribution in [0.15, 0.2) is 0 Å². The van der Waals surface area contributed by atoms with Crippen LogP contribution in [0.3, 0.4) is 0 Å². The molecule has 0 spiro atoms. The largest absolute Gasteiger partial charge is 0.348 e. The Morgan fingerprint density at radius 1 is 1.20 bits per heavy atom. The fourth-order valence-electron chi connectivity index (χ4n) is 3.94. The third-order valence-electron chi connectivity index (χ3n) is 4.83. The van der Waals surface area contributed by atoms with E-state index in [2.05, 4.69) is 20.8 Å². The Morgan fingerprint density at radius 3 is 2.70 bits per heavy atom. The van der Waals surface area contributed by atoms with Gasteiger partial charge in [-0.25, -0.2) is 0 Å². The van der Waals surface area contributed by atoms with Crippen LogP contribution in [-0.4, -0.2) is 34.2 Å². The van der Waals surface area contributed by atoms with Gasteiger partial charge in [0.05, 0.1) is 0 Å². The van der Waals surface area contributed by atoms with E-state index in [9.17, 15) is 4.79 Å². The van der Waals surface area contributed by atoms with Gasteiger partial charge in [-0.05, 0) is 44.9 Å². The molecule has 2 fully saturated rings. The van der Waals surface area contributed by atoms with Crippen molar-refractivity contribution in [3.8, 4) is 0 Å². The van der Waals surface area contributed by atoms with Crippen LogP contribution in [0.1, 0.15) is 53.8 Å². The maximum atomic E-state index is 12.4. The molecule has 6 heteroatoms. The van der Waals surface area contributed by atoms with Crippen molar-refractivity contribution in [2.75, 3.05) is 0 Å². The Balaban J connectivity index is 0.00000121. The van der Waals surface area contributed by atoms with Crippen molar-refractivity contribution in [3.05, 3.63) is 17.0 Å². The second kappa shape index (κ2) is 5.37. The minimum atomic E-state index is 0. The molecule has 2 bridgehead atoms. The summed E-state index contributed by atoms with van der Waals surface area (Å²) in [6.07, 6.45) is 7.81. The summed E-state index contributed by atoms with van der Waals surface area (Å²) in [6, 6.07) is 1.53. The number of hydrogen-bond donors (Lipinski definition) is 3. The smallest absolute Gasteiger partial charge is 0.272 e. The molecule has 0 saturated carbocycles. The number of carbonyl (C=O) groups is 1. The van der Waals surface area contributed by atoms with E-state index in [1.54, 1.807) is 0 Å². The molecule has 2 aliphatic heterocycles. The van der Waals surface area contributed by atoms with E-state index in [0.717, 1.165) is 43.4 Å². The van der Waals surface area contributed by atoms with Crippen LogP contribution in [0, 0.1) is 0 Å². The van der Waals surface area contributed by atoms with Crippen LogP contribution in [0.4, 0.5) is 0 Å². The first-order valence-electron chi connectivity index (χ1n) is 7.42. The lowest BCUT2D eigenvalue weighted by molar-refractivity contribution is 0.0918. The van der Waals surface area contributed by atoms with Crippen LogP contribution in [-0.2, 0) is 12.8 Å². The van der Waals surface area contributed by atoms with Crippen LogP contribution >= 0.6 is 12.4 Å². The number of fused-ring (bicyclic) bond motifs is 3. The van der Waals surface area contributed by atoms with E-state index in [0.29, 0.717) is 23.8 Å². The third-order valence-corrected chi connectivity index (χ3v) is 4.83. The SMILES string of the molecule is Cl.O=C(NC1CC2CCC(C1)N2)c1n[nH]c2c1CCC2. The highest BCUT2D eigenvalue weighted by Crippen LogP contribution is 2.27. The summed E-state index contributed by atoms with van der Waals surface area (Å²) < 4.78 is 0. The fourth-order valence-corrected chi connectivity index (χ4v) is 3.94. The minimum Gasteiger partial charge on any atom is -0.348 e. The Bertz CT molecular complexity index is 503. The van der Waals surface area contributed by atoms with Gasteiger partial charge in [0.2, 0.25) is 0 Å². The number of carbonyl (C=O) groups excluding carboxylic acids is 1. The first kappa shape index (κ1) is 13.9. The monoisotopic (exact) mass is 296 g/mol. The summed E-state index contributed by atoms with van der Waals surface area (Å²) in [5.41, 5.74) is 2.95. The van der Waals surface area contributed by atoms with E-state index in [1.807, 2.05) is 0 Å². The molecule has 2 unspecified atom stereocenters. The summed E-state index contributed by atoms with van der Waals surface area (Å²) in [7, 11) is 0. The number of halogens is 1. The molecule has 5 nitrogen and oxygen atoms in total. The molecule has 110 valence electrons. The predicted octanol–water partition coefficient (Wildman–Crippen LogP) is 1.33. The van der Waals surface area contributed by atoms with Gasteiger partial charge in [-0.15, -0.1) is 12.4 Å². The number of nitrogens with zero attached hydrogens (tertiary/aromatic N) is 1. The van der Waals surface area contributed by atoms with Crippen LogP contribution < -0.4 is 10.6 Å². The number of piperidine rings is 1. The molecule has 1 aromatic heterocycles. The van der Waals surface area contributed by atoms with Gasteiger partial charge in [0.25, 0.3) is 5.91 Å². The topological polar surface area (TPSA) is 69.8 Å². The third kappa shape index (κ3) is 2.33. The number of aryl methyl sites for hydroxylation is 1. The molecule has 0 aromatic carbocycles. The van der Waals surface area contributed by atoms with E-state index in [4.69, 9.17) is 0 Å². The lowest BCUT2D eigenvalue weighted by Crippen LogP contribution is -2.48. The van der Waals surface area contributed by atoms with E-state index >= 15 is 0 Å². The first-order valence-corrected chi connectivity index (χ1v) is 7.42. The average molecular weight is 297 g/mol. The first-order chi connectivity index (χ1) is 9.29. The zero-order chi connectivity index (χ0) is 12.8. The summed E-state index contributed by atoms with van der Waals surface area (Å²) in [5, 5.41) is 14.0. The molecule has 20 heavy (non-hydrogen) atoms. The Hall–Kier alpha value is -1.07. The van der Waals surface area contributed by atoms with Crippen LogP contribution in [0.5, 0.6) is 0 Å². The summed E-state index contributed by atoms with van der Waals surface area (Å²) in [4.78, 5) is 12.4. The van der Waals surface area contributed by atoms with E-state index in [-0.39, 0.29) is 18.3 Å². The molecule has 1 aromatic rings. The lowest BCUT2D eigenvalue weighted by atomic mass is 9.99. The minimum absolute atomic E-state index is 0. The molecule has 1 aliphatic carbocycles. The van der Waals surface area contributed by atoms with Crippen molar-refractivity contribution in [3.63, 3.8) is 0 Å². The van der Waals surface area contributed by atoms with Gasteiger partial charge in [-0.3, -0.25) is 9.89 Å². The highest BCUT2D eigenvalue weighted by molar-refractivity contribution is 5.94. The van der Waals surface area contributed by atoms with Crippen LogP contribution in [0.2, 0.25) is 0 Å². The standard InChI is InChI=1S/C14H20N4O.ClH/c19-14(13-11-2-1-3-12(11)17-18-13)16-10-6-8-4-5-9(7-10)15-8;/h8-10,15H,1-7H2,(H,16,19)(H,17,18);1H. The maximum absolute atomic E-state index is 12.4. The number of rotatable bonds is 2. The van der Waals surface area contributed by atoms with Gasteiger partial charge >= 0.3 is 0 Å². The lowest BCUT2D eigenvalue weighted by Gasteiger charge is -2.29. The number of hydrogen-bond acceptors (Lipinski definition) is 3. The Morgan fingerprint density at radius 2 is 1.95 bits per heavy atom. The predicted molar refractivity (Wildman–Crippen MR) is 78.3 cm³/mol. The number of aromatic amines is 1. The number of H-pyrrole nitrogens is 1. The fraction of sp³-hybridized carbons (Fsp3) is 0.714. The summed E-state index contributed by atoms with van der Waals surface area (Å²) >= 11 is 0. The maximum Gasteiger partial charge on any atom is 0.272 e. The molecular formula is C14H21ClN4O. The molecule has 3 aliphatic rings. The number of nitrogens with one attached hydrogen (secondary N) is 3. The van der Waals surface area contributed by atoms with E-state index < -0.39 is 0 Å². The second-order valence-corrected chi connectivity index (χ2v) is 6.16. The van der Waals surface area contributed by atoms with Crippen molar-refractivity contribution in [1.82, 2.24) is 20.8 Å². The van der Waals surface area contributed by atoms with E-state index in [1.165, 1.54) is 12.8 Å². The molecule has 3 heterocycles. The van der Waals surface area contributed by atoms with Crippen molar-refractivity contribution >= 4 is 18.3 Å². The van der Waals surface area contributed by atoms with Gasteiger partial charge < -0.3 is 10.6 Å². The highest BCUT2D eigenvalue weighted by atomic mass is 35.5. The summed E-state index contributed by atoms with van der Waals surface area (Å²) in [5.74, 6) is 0.0192. The van der Waals surface area contributed by atoms with Gasteiger partial charge in [0.15, 0.2) is 5.69 Å². The zero-order valence-electron chi connectivity index (χ0n) is 11.4. The van der Waals surface area contributed by atoms with Crippen LogP contribution in [0.25, 0.3) is 0 Å². The average Bonchev–Trinajstić information content (AvgIpc) is 3.04. The quantitative estimate of drug-likeness (QED) is 0.771. The molecular weight excluding hydrogens is 276 g/mol. The highest BCUT2D eigenvalue weighted by Gasteiger charge is 2.34. The molecule has 2 saturated heterocycles. The molecule has 0 radical (unpaired) electrons. The Labute approximate surface area is 124 Å². The molecule has 2 atom stereocenters.